The summed E-state index contributed by atoms with van der Waals surface area (Å²) in [4.78, 5) is 12.2. The van der Waals surface area contributed by atoms with Crippen molar-refractivity contribution in [2.75, 3.05) is 13.1 Å². The molecule has 0 amide bonds. The van der Waals surface area contributed by atoms with E-state index < -0.39 is 0 Å². The first-order chi connectivity index (χ1) is 19.1. The van der Waals surface area contributed by atoms with E-state index in [2.05, 4.69) is 82.7 Å². The van der Waals surface area contributed by atoms with Crippen molar-refractivity contribution in [3.63, 3.8) is 0 Å². The maximum Gasteiger partial charge on any atom is 0.155 e. The van der Waals surface area contributed by atoms with Crippen molar-refractivity contribution in [1.82, 2.24) is 25.1 Å². The third-order valence-electron chi connectivity index (χ3n) is 8.77. The zero-order chi connectivity index (χ0) is 26.3. The predicted molar refractivity (Wildman–Crippen MR) is 159 cm³/mol. The molecule has 1 atom stereocenters. The molecule has 1 fully saturated rings. The second kappa shape index (κ2) is 10.0. The number of nitrogens with one attached hydrogen (secondary N) is 1. The van der Waals surface area contributed by atoms with Gasteiger partial charge < -0.3 is 4.90 Å². The van der Waals surface area contributed by atoms with Gasteiger partial charge in [-0.25, -0.2) is 4.98 Å². The van der Waals surface area contributed by atoms with Crippen LogP contribution in [0, 0.1) is 13.8 Å². The van der Waals surface area contributed by atoms with Gasteiger partial charge in [-0.1, -0.05) is 48.5 Å². The molecule has 196 valence electrons. The summed E-state index contributed by atoms with van der Waals surface area (Å²) in [6.07, 6.45) is 9.63. The number of aryl methyl sites for hydroxylation is 4. The first kappa shape index (κ1) is 24.2. The van der Waals surface area contributed by atoms with Crippen LogP contribution < -0.4 is 0 Å². The van der Waals surface area contributed by atoms with E-state index in [1.807, 2.05) is 13.1 Å². The molecule has 0 radical (unpaired) electrons. The lowest BCUT2D eigenvalue weighted by atomic mass is 9.96. The molecule has 7 rings (SSSR count). The number of aromatic nitrogens is 4. The third-order valence-corrected chi connectivity index (χ3v) is 8.77. The van der Waals surface area contributed by atoms with Gasteiger partial charge in [0.1, 0.15) is 5.69 Å². The van der Waals surface area contributed by atoms with Gasteiger partial charge in [0.15, 0.2) is 5.65 Å². The number of fused-ring (bicyclic) bond motifs is 2. The Balaban J connectivity index is 1.17. The Morgan fingerprint density at radius 3 is 2.26 bits per heavy atom. The number of hydrogen-bond donors (Lipinski definition) is 1. The summed E-state index contributed by atoms with van der Waals surface area (Å²) in [6, 6.07) is 22.8. The van der Waals surface area contributed by atoms with Crippen LogP contribution in [-0.4, -0.2) is 44.2 Å². The molecule has 4 heterocycles. The van der Waals surface area contributed by atoms with Gasteiger partial charge in [-0.05, 0) is 99.8 Å². The van der Waals surface area contributed by atoms with Crippen molar-refractivity contribution in [2.24, 2.45) is 0 Å². The van der Waals surface area contributed by atoms with Crippen LogP contribution in [0.4, 0.5) is 0 Å². The van der Waals surface area contributed by atoms with Gasteiger partial charge in [0.2, 0.25) is 0 Å². The van der Waals surface area contributed by atoms with Crippen LogP contribution >= 0.6 is 0 Å². The summed E-state index contributed by atoms with van der Waals surface area (Å²) in [6.45, 7) is 6.72. The van der Waals surface area contributed by atoms with Gasteiger partial charge in [-0.15, -0.1) is 0 Å². The molecule has 5 nitrogen and oxygen atoms in total. The Morgan fingerprint density at radius 1 is 0.744 bits per heavy atom. The van der Waals surface area contributed by atoms with Crippen LogP contribution in [0.3, 0.4) is 0 Å². The summed E-state index contributed by atoms with van der Waals surface area (Å²) in [5.41, 5.74) is 12.6. The Labute approximate surface area is 230 Å². The van der Waals surface area contributed by atoms with E-state index in [1.54, 1.807) is 0 Å². The number of rotatable bonds is 4. The molecule has 5 heteroatoms. The molecule has 5 aromatic rings. The molecule has 1 aliphatic heterocycles. The minimum atomic E-state index is 0.742. The van der Waals surface area contributed by atoms with Crippen LogP contribution in [0.15, 0.2) is 66.9 Å². The molecule has 0 bridgehead atoms. The van der Waals surface area contributed by atoms with Crippen molar-refractivity contribution in [3.8, 4) is 33.6 Å². The molecule has 0 spiro atoms. The highest BCUT2D eigenvalue weighted by atomic mass is 15.2. The maximum absolute atomic E-state index is 4.76. The summed E-state index contributed by atoms with van der Waals surface area (Å²) in [5, 5.41) is 8.85. The minimum Gasteiger partial charge on any atom is -0.300 e. The second-order valence-corrected chi connectivity index (χ2v) is 11.3. The largest absolute Gasteiger partial charge is 0.300 e. The van der Waals surface area contributed by atoms with Crippen molar-refractivity contribution < 1.29 is 0 Å². The smallest absolute Gasteiger partial charge is 0.155 e. The molecule has 1 aliphatic carbocycles. The fourth-order valence-corrected chi connectivity index (χ4v) is 6.53. The molecule has 3 aromatic heterocycles. The lowest BCUT2D eigenvalue weighted by Crippen LogP contribution is -2.32. The fraction of sp³-hybridized carbons (Fsp3) is 0.324. The van der Waals surface area contributed by atoms with Crippen LogP contribution in [0.5, 0.6) is 0 Å². The highest BCUT2D eigenvalue weighted by molar-refractivity contribution is 5.93. The van der Waals surface area contributed by atoms with Crippen molar-refractivity contribution in [3.05, 3.63) is 89.2 Å². The zero-order valence-corrected chi connectivity index (χ0v) is 22.9. The molecule has 1 N–H and O–H groups in total. The summed E-state index contributed by atoms with van der Waals surface area (Å²) in [7, 11) is 0. The van der Waals surface area contributed by atoms with E-state index in [4.69, 9.17) is 9.97 Å². The number of benzene rings is 2. The molecule has 0 unspecified atom stereocenters. The Morgan fingerprint density at radius 2 is 1.46 bits per heavy atom. The zero-order valence-electron chi connectivity index (χ0n) is 22.9. The summed E-state index contributed by atoms with van der Waals surface area (Å²) in [5.74, 6) is 0. The van der Waals surface area contributed by atoms with Gasteiger partial charge in [-0.2, -0.15) is 5.10 Å². The first-order valence-corrected chi connectivity index (χ1v) is 14.4. The second-order valence-electron chi connectivity index (χ2n) is 11.3. The van der Waals surface area contributed by atoms with Crippen molar-refractivity contribution in [2.45, 2.75) is 58.4 Å². The first-order valence-electron chi connectivity index (χ1n) is 14.4. The quantitative estimate of drug-likeness (QED) is 0.256. The monoisotopic (exact) mass is 513 g/mol. The van der Waals surface area contributed by atoms with Crippen LogP contribution in [-0.2, 0) is 12.8 Å². The summed E-state index contributed by atoms with van der Waals surface area (Å²) < 4.78 is 0. The van der Waals surface area contributed by atoms with E-state index in [0.29, 0.717) is 0 Å². The average Bonchev–Trinajstić information content (AvgIpc) is 3.61. The van der Waals surface area contributed by atoms with Gasteiger partial charge in [0.05, 0.1) is 5.69 Å². The molecular formula is C34H35N5. The van der Waals surface area contributed by atoms with E-state index in [0.717, 1.165) is 50.8 Å². The lowest BCUT2D eigenvalue weighted by Gasteiger charge is -2.25. The number of H-pyrrole nitrogens is 1. The third kappa shape index (κ3) is 4.65. The van der Waals surface area contributed by atoms with Crippen LogP contribution in [0.25, 0.3) is 44.7 Å². The van der Waals surface area contributed by atoms with Gasteiger partial charge in [0.25, 0.3) is 0 Å². The highest BCUT2D eigenvalue weighted by Crippen LogP contribution is 2.33. The molecule has 1 saturated heterocycles. The minimum absolute atomic E-state index is 0.742. The van der Waals surface area contributed by atoms with E-state index in [-0.39, 0.29) is 0 Å². The molecular weight excluding hydrogens is 478 g/mol. The molecule has 2 aliphatic rings. The topological polar surface area (TPSA) is 57.7 Å². The van der Waals surface area contributed by atoms with Crippen LogP contribution in [0.2, 0.25) is 0 Å². The van der Waals surface area contributed by atoms with Gasteiger partial charge in [0, 0.05) is 40.0 Å². The normalized spacial score (nSPS) is 17.8. The Bertz CT molecular complexity index is 1640. The van der Waals surface area contributed by atoms with Gasteiger partial charge in [-0.3, -0.25) is 10.1 Å². The van der Waals surface area contributed by atoms with Gasteiger partial charge >= 0.3 is 0 Å². The fourth-order valence-electron chi connectivity index (χ4n) is 6.53. The lowest BCUT2D eigenvalue weighted by molar-refractivity contribution is 0.222. The van der Waals surface area contributed by atoms with Crippen LogP contribution in [0.1, 0.15) is 48.1 Å². The Hall–Kier alpha value is -3.83. The average molecular weight is 514 g/mol. The number of pyridine rings is 2. The number of nitrogens with zero attached hydrogens (tertiary/aromatic N) is 4. The number of likely N-dealkylation sites (tertiary alicyclic amines) is 1. The maximum atomic E-state index is 4.76. The number of aromatic amines is 1. The molecule has 2 aromatic carbocycles. The Kier molecular flexibility index (Phi) is 6.24. The van der Waals surface area contributed by atoms with Crippen molar-refractivity contribution >= 4 is 11.0 Å². The predicted octanol–water partition coefficient (Wildman–Crippen LogP) is 7.31. The molecule has 0 saturated carbocycles. The number of hydrogen-bond acceptors (Lipinski definition) is 4. The standard InChI is InChI=1S/C34H35N5/c1-22-5-6-23(2)36-32(22)25-8-10-26(11-9-25)33-31-20-29(21-35-34(31)38-37-33)28-12-7-24-13-15-30(16-14-27(24)19-28)39-17-3-4-18-39/h5-12,19-21,30H,3-4,13-18H2,1-2H3,(H,35,37,38)/t30-/m0/s1. The molecule has 39 heavy (non-hydrogen) atoms. The SMILES string of the molecule is Cc1ccc(C)c(-c2ccc(-c3n[nH]c4ncc(-c5ccc6c(c5)CC[C@@H](N5CCCC5)CC6)cc34)cc2)n1. The van der Waals surface area contributed by atoms with E-state index in [9.17, 15) is 0 Å². The van der Waals surface area contributed by atoms with Crippen molar-refractivity contribution in [1.29, 1.82) is 0 Å². The highest BCUT2D eigenvalue weighted by Gasteiger charge is 2.24. The van der Waals surface area contributed by atoms with E-state index in [1.165, 1.54) is 73.9 Å². The summed E-state index contributed by atoms with van der Waals surface area (Å²) >= 11 is 0. The van der Waals surface area contributed by atoms with E-state index >= 15 is 0 Å².